The summed E-state index contributed by atoms with van der Waals surface area (Å²) < 4.78 is 5.63. The van der Waals surface area contributed by atoms with E-state index >= 15 is 0 Å². The summed E-state index contributed by atoms with van der Waals surface area (Å²) in [4.78, 5) is 8.67. The summed E-state index contributed by atoms with van der Waals surface area (Å²) in [5.41, 5.74) is 1.64. The van der Waals surface area contributed by atoms with E-state index in [9.17, 15) is 5.11 Å². The SMILES string of the molecule is Oc1ccc(Nc2ncc(Cl)c(CCC3CCCO3)n2)cc1. The maximum atomic E-state index is 9.29. The fourth-order valence-electron chi connectivity index (χ4n) is 2.48. The van der Waals surface area contributed by atoms with Gasteiger partial charge >= 0.3 is 0 Å². The standard InChI is InChI=1S/C16H18ClN3O2/c17-14-10-18-16(19-11-3-5-12(21)6-4-11)20-15(14)8-7-13-2-1-9-22-13/h3-6,10,13,21H,1-2,7-9H2,(H,18,19,20). The van der Waals surface area contributed by atoms with Crippen LogP contribution in [-0.2, 0) is 11.2 Å². The number of hydrogen-bond donors (Lipinski definition) is 2. The van der Waals surface area contributed by atoms with Gasteiger partial charge in [0.1, 0.15) is 5.75 Å². The number of phenols is 1. The van der Waals surface area contributed by atoms with E-state index < -0.39 is 0 Å². The quantitative estimate of drug-likeness (QED) is 0.823. The Morgan fingerprint density at radius 2 is 2.14 bits per heavy atom. The van der Waals surface area contributed by atoms with Crippen molar-refractivity contribution in [3.63, 3.8) is 0 Å². The second-order valence-corrected chi connectivity index (χ2v) is 5.74. The van der Waals surface area contributed by atoms with Gasteiger partial charge in [0.25, 0.3) is 0 Å². The van der Waals surface area contributed by atoms with E-state index in [2.05, 4.69) is 15.3 Å². The maximum Gasteiger partial charge on any atom is 0.227 e. The predicted molar refractivity (Wildman–Crippen MR) is 85.7 cm³/mol. The second kappa shape index (κ2) is 6.94. The van der Waals surface area contributed by atoms with Gasteiger partial charge in [0.2, 0.25) is 5.95 Å². The zero-order valence-electron chi connectivity index (χ0n) is 12.1. The summed E-state index contributed by atoms with van der Waals surface area (Å²) in [7, 11) is 0. The maximum absolute atomic E-state index is 9.29. The molecule has 1 aromatic heterocycles. The minimum absolute atomic E-state index is 0.222. The Morgan fingerprint density at radius 1 is 1.32 bits per heavy atom. The van der Waals surface area contributed by atoms with Crippen molar-refractivity contribution in [2.45, 2.75) is 31.8 Å². The molecule has 1 saturated heterocycles. The molecule has 0 bridgehead atoms. The highest BCUT2D eigenvalue weighted by atomic mass is 35.5. The van der Waals surface area contributed by atoms with Gasteiger partial charge in [0, 0.05) is 12.3 Å². The monoisotopic (exact) mass is 319 g/mol. The number of aryl methyl sites for hydroxylation is 1. The molecule has 1 unspecified atom stereocenters. The lowest BCUT2D eigenvalue weighted by molar-refractivity contribution is 0.104. The topological polar surface area (TPSA) is 67.3 Å². The average molecular weight is 320 g/mol. The minimum Gasteiger partial charge on any atom is -0.508 e. The molecule has 116 valence electrons. The molecule has 1 atom stereocenters. The summed E-state index contributed by atoms with van der Waals surface area (Å²) >= 11 is 6.18. The number of aromatic nitrogens is 2. The van der Waals surface area contributed by atoms with Crippen molar-refractivity contribution in [3.05, 3.63) is 41.2 Å². The molecule has 0 saturated carbocycles. The summed E-state index contributed by atoms with van der Waals surface area (Å²) in [5.74, 6) is 0.720. The molecule has 6 heteroatoms. The highest BCUT2D eigenvalue weighted by Crippen LogP contribution is 2.22. The molecular weight excluding hydrogens is 302 g/mol. The number of nitrogens with zero attached hydrogens (tertiary/aromatic N) is 2. The Morgan fingerprint density at radius 3 is 2.86 bits per heavy atom. The molecule has 1 aromatic carbocycles. The van der Waals surface area contributed by atoms with Crippen LogP contribution in [0.3, 0.4) is 0 Å². The Balaban J connectivity index is 1.67. The third kappa shape index (κ3) is 3.87. The molecular formula is C16H18ClN3O2. The second-order valence-electron chi connectivity index (χ2n) is 5.33. The van der Waals surface area contributed by atoms with E-state index in [1.54, 1.807) is 30.5 Å². The van der Waals surface area contributed by atoms with Gasteiger partial charge in [-0.05, 0) is 49.9 Å². The summed E-state index contributed by atoms with van der Waals surface area (Å²) in [6.07, 6.45) is 5.88. The van der Waals surface area contributed by atoms with Crippen molar-refractivity contribution in [2.75, 3.05) is 11.9 Å². The van der Waals surface area contributed by atoms with Crippen molar-refractivity contribution in [2.24, 2.45) is 0 Å². The molecule has 3 rings (SSSR count). The number of nitrogens with one attached hydrogen (secondary N) is 1. The summed E-state index contributed by atoms with van der Waals surface area (Å²) in [6, 6.07) is 6.74. The molecule has 1 fully saturated rings. The largest absolute Gasteiger partial charge is 0.508 e. The highest BCUT2D eigenvalue weighted by molar-refractivity contribution is 6.31. The molecule has 2 heterocycles. The fraction of sp³-hybridized carbons (Fsp3) is 0.375. The lowest BCUT2D eigenvalue weighted by Gasteiger charge is -2.11. The molecule has 0 amide bonds. The molecule has 1 aliphatic heterocycles. The lowest BCUT2D eigenvalue weighted by atomic mass is 10.1. The number of phenolic OH excluding ortho intramolecular Hbond substituents is 1. The van der Waals surface area contributed by atoms with Gasteiger partial charge in [-0.1, -0.05) is 11.6 Å². The van der Waals surface area contributed by atoms with Gasteiger partial charge in [-0.3, -0.25) is 0 Å². The molecule has 0 aliphatic carbocycles. The molecule has 5 nitrogen and oxygen atoms in total. The van der Waals surface area contributed by atoms with E-state index in [4.69, 9.17) is 16.3 Å². The van der Waals surface area contributed by atoms with E-state index in [-0.39, 0.29) is 5.75 Å². The van der Waals surface area contributed by atoms with Crippen LogP contribution in [0.1, 0.15) is 25.0 Å². The van der Waals surface area contributed by atoms with Crippen LogP contribution in [0.2, 0.25) is 5.02 Å². The first-order chi connectivity index (χ1) is 10.7. The number of halogens is 1. The molecule has 1 aliphatic rings. The van der Waals surface area contributed by atoms with Crippen LogP contribution < -0.4 is 5.32 Å². The normalized spacial score (nSPS) is 17.6. The first-order valence-electron chi connectivity index (χ1n) is 7.40. The Labute approximate surface area is 134 Å². The van der Waals surface area contributed by atoms with E-state index in [1.165, 1.54) is 0 Å². The number of ether oxygens (including phenoxy) is 1. The van der Waals surface area contributed by atoms with Gasteiger partial charge in [-0.15, -0.1) is 0 Å². The number of benzene rings is 1. The number of aromatic hydroxyl groups is 1. The van der Waals surface area contributed by atoms with Crippen molar-refractivity contribution in [3.8, 4) is 5.75 Å². The molecule has 2 aromatic rings. The first kappa shape index (κ1) is 15.1. The fourth-order valence-corrected chi connectivity index (χ4v) is 2.67. The van der Waals surface area contributed by atoms with Gasteiger partial charge in [0.15, 0.2) is 0 Å². The molecule has 0 radical (unpaired) electrons. The molecule has 0 spiro atoms. The lowest BCUT2D eigenvalue weighted by Crippen LogP contribution is -2.08. The van der Waals surface area contributed by atoms with Gasteiger partial charge in [-0.2, -0.15) is 0 Å². The van der Waals surface area contributed by atoms with Crippen LogP contribution in [0.25, 0.3) is 0 Å². The summed E-state index contributed by atoms with van der Waals surface area (Å²) in [5, 5.41) is 13.0. The number of anilines is 2. The van der Waals surface area contributed by atoms with Crippen molar-refractivity contribution in [1.29, 1.82) is 0 Å². The van der Waals surface area contributed by atoms with Crippen molar-refractivity contribution >= 4 is 23.2 Å². The van der Waals surface area contributed by atoms with Crippen LogP contribution >= 0.6 is 11.6 Å². The number of rotatable bonds is 5. The van der Waals surface area contributed by atoms with Crippen LogP contribution in [0.4, 0.5) is 11.6 Å². The van der Waals surface area contributed by atoms with Gasteiger partial charge < -0.3 is 15.2 Å². The van der Waals surface area contributed by atoms with Crippen LogP contribution in [-0.4, -0.2) is 27.8 Å². The van der Waals surface area contributed by atoms with Gasteiger partial charge in [0.05, 0.1) is 23.0 Å². The summed E-state index contributed by atoms with van der Waals surface area (Å²) in [6.45, 7) is 0.857. The van der Waals surface area contributed by atoms with Crippen LogP contribution in [0.5, 0.6) is 5.75 Å². The van der Waals surface area contributed by atoms with E-state index in [0.717, 1.165) is 43.7 Å². The Hall–Kier alpha value is -1.85. The number of hydrogen-bond acceptors (Lipinski definition) is 5. The van der Waals surface area contributed by atoms with Crippen LogP contribution in [0.15, 0.2) is 30.5 Å². The zero-order valence-corrected chi connectivity index (χ0v) is 12.9. The Kier molecular flexibility index (Phi) is 4.75. The minimum atomic E-state index is 0.222. The smallest absolute Gasteiger partial charge is 0.227 e. The molecule has 2 N–H and O–H groups in total. The average Bonchev–Trinajstić information content (AvgIpc) is 3.03. The van der Waals surface area contributed by atoms with Crippen LogP contribution in [0, 0.1) is 0 Å². The molecule has 22 heavy (non-hydrogen) atoms. The zero-order chi connectivity index (χ0) is 15.4. The first-order valence-corrected chi connectivity index (χ1v) is 7.77. The van der Waals surface area contributed by atoms with Gasteiger partial charge in [-0.25, -0.2) is 9.97 Å². The van der Waals surface area contributed by atoms with E-state index in [0.29, 0.717) is 17.1 Å². The Bertz CT molecular complexity index is 628. The van der Waals surface area contributed by atoms with E-state index in [1.807, 2.05) is 0 Å². The highest BCUT2D eigenvalue weighted by Gasteiger charge is 2.16. The van der Waals surface area contributed by atoms with Crippen molar-refractivity contribution < 1.29 is 9.84 Å². The third-order valence-corrected chi connectivity index (χ3v) is 3.98. The predicted octanol–water partition coefficient (Wildman–Crippen LogP) is 3.69. The third-order valence-electron chi connectivity index (χ3n) is 3.67. The van der Waals surface area contributed by atoms with Crippen molar-refractivity contribution in [1.82, 2.24) is 9.97 Å².